The molecular formula is C29H30N4O5. The topological polar surface area (TPSA) is 122 Å². The number of ether oxygens (including phenoxy) is 1. The Morgan fingerprint density at radius 3 is 2.50 bits per heavy atom. The molecule has 3 heterocycles. The summed E-state index contributed by atoms with van der Waals surface area (Å²) >= 11 is 0. The summed E-state index contributed by atoms with van der Waals surface area (Å²) in [6, 6.07) is 10.2. The van der Waals surface area contributed by atoms with Crippen LogP contribution in [0.3, 0.4) is 0 Å². The number of aromatic nitrogens is 2. The molecule has 2 N–H and O–H groups in total. The second-order valence-corrected chi connectivity index (χ2v) is 9.92. The zero-order valence-electron chi connectivity index (χ0n) is 21.6. The molecule has 0 spiro atoms. The van der Waals surface area contributed by atoms with Crippen LogP contribution in [0.2, 0.25) is 0 Å². The van der Waals surface area contributed by atoms with E-state index >= 15 is 0 Å². The first-order valence-corrected chi connectivity index (χ1v) is 12.9. The van der Waals surface area contributed by atoms with E-state index in [1.54, 1.807) is 36.7 Å². The quantitative estimate of drug-likeness (QED) is 0.318. The number of benzene rings is 1. The van der Waals surface area contributed by atoms with Gasteiger partial charge in [-0.3, -0.25) is 14.6 Å². The number of carboxylic acids is 1. The summed E-state index contributed by atoms with van der Waals surface area (Å²) in [5.41, 5.74) is 0.840. The number of hydrogen-bond acceptors (Lipinski definition) is 8. The molecule has 0 aliphatic carbocycles. The third-order valence-electron chi connectivity index (χ3n) is 7.30. The van der Waals surface area contributed by atoms with Crippen molar-refractivity contribution < 1.29 is 14.6 Å². The molecule has 4 aromatic rings. The molecule has 0 unspecified atom stereocenters. The maximum atomic E-state index is 12.4. The van der Waals surface area contributed by atoms with Crippen molar-refractivity contribution in [2.75, 3.05) is 10.2 Å². The predicted molar refractivity (Wildman–Crippen MR) is 146 cm³/mol. The number of anilines is 2. The Hall–Kier alpha value is -4.27. The van der Waals surface area contributed by atoms with Gasteiger partial charge in [0.05, 0.1) is 5.39 Å². The van der Waals surface area contributed by atoms with Crippen molar-refractivity contribution in [3.63, 3.8) is 0 Å². The van der Waals surface area contributed by atoms with Gasteiger partial charge in [0.15, 0.2) is 0 Å². The van der Waals surface area contributed by atoms with Gasteiger partial charge in [-0.2, -0.15) is 0 Å². The van der Waals surface area contributed by atoms with Gasteiger partial charge in [-0.05, 0) is 68.3 Å². The van der Waals surface area contributed by atoms with Gasteiger partial charge >= 0.3 is 5.97 Å². The average Bonchev–Trinajstić information content (AvgIpc) is 3.25. The van der Waals surface area contributed by atoms with Gasteiger partial charge in [0.2, 0.25) is 5.88 Å². The van der Waals surface area contributed by atoms with Gasteiger partial charge in [0, 0.05) is 36.6 Å². The first-order chi connectivity index (χ1) is 18.3. The predicted octanol–water partition coefficient (Wildman–Crippen LogP) is 4.07. The number of hydrogen-bond donors (Lipinski definition) is 2. The maximum absolute atomic E-state index is 12.4. The lowest BCUT2D eigenvalue weighted by Crippen LogP contribution is -2.48. The van der Waals surface area contributed by atoms with Crippen LogP contribution in [0.4, 0.5) is 11.4 Å². The van der Waals surface area contributed by atoms with Crippen molar-refractivity contribution in [3.8, 4) is 11.6 Å². The highest BCUT2D eigenvalue weighted by molar-refractivity contribution is 5.86. The number of pyridine rings is 2. The minimum absolute atomic E-state index is 0.102. The molecule has 5 rings (SSSR count). The molecule has 0 bridgehead atoms. The Kier molecular flexibility index (Phi) is 6.84. The van der Waals surface area contributed by atoms with E-state index in [9.17, 15) is 19.5 Å². The number of aliphatic carboxylic acids is 1. The molecule has 3 atom stereocenters. The molecule has 0 saturated carbocycles. The van der Waals surface area contributed by atoms with E-state index in [0.29, 0.717) is 17.3 Å². The Morgan fingerprint density at radius 1 is 1.13 bits per heavy atom. The summed E-state index contributed by atoms with van der Waals surface area (Å²) in [4.78, 5) is 47.6. The van der Waals surface area contributed by atoms with E-state index in [0.717, 1.165) is 41.3 Å². The van der Waals surface area contributed by atoms with Crippen LogP contribution in [-0.4, -0.2) is 39.2 Å². The van der Waals surface area contributed by atoms with Gasteiger partial charge in [-0.15, -0.1) is 0 Å². The lowest BCUT2D eigenvalue weighted by Gasteiger charge is -2.32. The van der Waals surface area contributed by atoms with Crippen LogP contribution >= 0.6 is 0 Å². The van der Waals surface area contributed by atoms with Crippen LogP contribution in [0, 0.1) is 0 Å². The summed E-state index contributed by atoms with van der Waals surface area (Å²) in [5.74, 6) is -0.0871. The second kappa shape index (κ2) is 10.2. The van der Waals surface area contributed by atoms with Crippen LogP contribution < -0.4 is 25.8 Å². The zero-order valence-corrected chi connectivity index (χ0v) is 21.6. The molecule has 2 aromatic heterocycles. The highest BCUT2D eigenvalue weighted by Crippen LogP contribution is 2.33. The first-order valence-electron chi connectivity index (χ1n) is 12.9. The number of nitrogens with zero attached hydrogens (tertiary/aromatic N) is 3. The van der Waals surface area contributed by atoms with Crippen molar-refractivity contribution >= 4 is 28.1 Å². The molecule has 1 aliphatic rings. The molecule has 38 heavy (non-hydrogen) atoms. The molecule has 0 amide bonds. The number of rotatable bonds is 9. The fourth-order valence-corrected chi connectivity index (χ4v) is 5.18. The third kappa shape index (κ3) is 4.71. The Balaban J connectivity index is 1.33. The molecule has 9 nitrogen and oxygen atoms in total. The second-order valence-electron chi connectivity index (χ2n) is 9.92. The molecular weight excluding hydrogens is 484 g/mol. The SMILES string of the molecule is CCc1cc2ccncc2c(Oc2ccc(C[C@H](Nc3c(N4[C@H](C)CC[C@@H]4C)c(=O)c3=O)C(=O)O)cc2)n1. The van der Waals surface area contributed by atoms with Crippen molar-refractivity contribution in [2.45, 2.75) is 64.6 Å². The first kappa shape index (κ1) is 25.4. The standard InChI is InChI=1S/C29H30N4O5/c1-4-20-14-19-11-12-30-15-22(19)28(31-20)38-21-9-7-18(8-10-21)13-23(29(36)37)32-24-25(27(35)26(24)34)33-16(2)5-6-17(33)3/h7-12,14-17,23,32H,4-6,13H2,1-3H3,(H,36,37)/t16-,17+,23-/m0/s1. The lowest BCUT2D eigenvalue weighted by atomic mass is 10.0. The third-order valence-corrected chi connectivity index (χ3v) is 7.30. The lowest BCUT2D eigenvalue weighted by molar-refractivity contribution is -0.137. The van der Waals surface area contributed by atoms with Gasteiger partial charge in [0.1, 0.15) is 23.2 Å². The molecule has 1 aliphatic heterocycles. The Morgan fingerprint density at radius 2 is 1.84 bits per heavy atom. The molecule has 196 valence electrons. The Bertz CT molecular complexity index is 1550. The number of aryl methyl sites for hydroxylation is 1. The fourth-order valence-electron chi connectivity index (χ4n) is 5.18. The van der Waals surface area contributed by atoms with E-state index in [1.165, 1.54) is 0 Å². The van der Waals surface area contributed by atoms with Crippen molar-refractivity contribution in [3.05, 3.63) is 80.5 Å². The van der Waals surface area contributed by atoms with E-state index in [2.05, 4.69) is 15.3 Å². The van der Waals surface area contributed by atoms with Gasteiger partial charge in [0.25, 0.3) is 10.9 Å². The van der Waals surface area contributed by atoms with Crippen LogP contribution in [0.5, 0.6) is 11.6 Å². The highest BCUT2D eigenvalue weighted by atomic mass is 16.5. The van der Waals surface area contributed by atoms with Gasteiger partial charge < -0.3 is 20.1 Å². The van der Waals surface area contributed by atoms with Crippen molar-refractivity contribution in [1.29, 1.82) is 0 Å². The molecule has 9 heteroatoms. The van der Waals surface area contributed by atoms with Crippen LogP contribution in [0.15, 0.2) is 58.4 Å². The highest BCUT2D eigenvalue weighted by Gasteiger charge is 2.36. The van der Waals surface area contributed by atoms with E-state index in [4.69, 9.17) is 4.74 Å². The van der Waals surface area contributed by atoms with Crippen LogP contribution in [0.25, 0.3) is 10.8 Å². The number of nitrogens with one attached hydrogen (secondary N) is 1. The average molecular weight is 515 g/mol. The molecule has 1 fully saturated rings. The molecule has 0 radical (unpaired) electrons. The van der Waals surface area contributed by atoms with Crippen LogP contribution in [0.1, 0.15) is 44.9 Å². The van der Waals surface area contributed by atoms with Gasteiger partial charge in [-0.1, -0.05) is 19.1 Å². The summed E-state index contributed by atoms with van der Waals surface area (Å²) < 4.78 is 6.07. The van der Waals surface area contributed by atoms with Gasteiger partial charge in [-0.25, -0.2) is 9.78 Å². The summed E-state index contributed by atoms with van der Waals surface area (Å²) in [5, 5.41) is 14.5. The number of fused-ring (bicyclic) bond motifs is 1. The normalized spacial score (nSPS) is 18.1. The van der Waals surface area contributed by atoms with Crippen molar-refractivity contribution in [1.82, 2.24) is 9.97 Å². The largest absolute Gasteiger partial charge is 0.480 e. The fraction of sp³-hybridized carbons (Fsp3) is 0.345. The van der Waals surface area contributed by atoms with Crippen LogP contribution in [-0.2, 0) is 17.6 Å². The summed E-state index contributed by atoms with van der Waals surface area (Å²) in [6.07, 6.45) is 6.16. The summed E-state index contributed by atoms with van der Waals surface area (Å²) in [7, 11) is 0. The van der Waals surface area contributed by atoms with Crippen molar-refractivity contribution in [2.24, 2.45) is 0 Å². The number of carboxylic acid groups (broad SMARTS) is 1. The maximum Gasteiger partial charge on any atom is 0.326 e. The van der Waals surface area contributed by atoms with E-state index < -0.39 is 22.9 Å². The molecule has 2 aromatic carbocycles. The zero-order chi connectivity index (χ0) is 27.0. The van der Waals surface area contributed by atoms with E-state index in [-0.39, 0.29) is 24.2 Å². The monoisotopic (exact) mass is 514 g/mol. The van der Waals surface area contributed by atoms with E-state index in [1.807, 2.05) is 37.8 Å². The smallest absolute Gasteiger partial charge is 0.326 e. The molecule has 1 saturated heterocycles. The number of carbonyl (C=O) groups is 1. The Labute approximate surface area is 219 Å². The summed E-state index contributed by atoms with van der Waals surface area (Å²) in [6.45, 7) is 6.05. The minimum atomic E-state index is -1.11. The minimum Gasteiger partial charge on any atom is -0.480 e.